The number of rotatable bonds is 2. The number of pyridine rings is 1. The summed E-state index contributed by atoms with van der Waals surface area (Å²) in [6, 6.07) is 2.00. The highest BCUT2D eigenvalue weighted by molar-refractivity contribution is 5.55. The second-order valence-corrected chi connectivity index (χ2v) is 4.70. The topological polar surface area (TPSA) is 51.4 Å². The van der Waals surface area contributed by atoms with Gasteiger partial charge in [0, 0.05) is 18.3 Å². The van der Waals surface area contributed by atoms with Crippen LogP contribution in [0.5, 0.6) is 5.75 Å². The summed E-state index contributed by atoms with van der Waals surface area (Å²) in [7, 11) is 0. The number of aromatic nitrogens is 1. The van der Waals surface area contributed by atoms with Gasteiger partial charge in [-0.25, -0.2) is 4.98 Å². The van der Waals surface area contributed by atoms with Gasteiger partial charge < -0.3 is 15.4 Å². The zero-order valence-corrected chi connectivity index (χ0v) is 10.2. The normalized spacial score (nSPS) is 15.6. The first-order valence-corrected chi connectivity index (χ1v) is 5.69. The third kappa shape index (κ3) is 1.97. The van der Waals surface area contributed by atoms with Crippen molar-refractivity contribution in [3.8, 4) is 5.75 Å². The van der Waals surface area contributed by atoms with E-state index in [0.717, 1.165) is 36.8 Å². The fourth-order valence-corrected chi connectivity index (χ4v) is 1.81. The van der Waals surface area contributed by atoms with E-state index in [1.807, 2.05) is 26.1 Å². The van der Waals surface area contributed by atoms with Gasteiger partial charge in [0.2, 0.25) is 0 Å². The van der Waals surface area contributed by atoms with Gasteiger partial charge in [-0.2, -0.15) is 0 Å². The fourth-order valence-electron chi connectivity index (χ4n) is 1.81. The van der Waals surface area contributed by atoms with E-state index < -0.39 is 0 Å². The summed E-state index contributed by atoms with van der Waals surface area (Å²) < 4.78 is 5.63. The Hall–Kier alpha value is -1.29. The van der Waals surface area contributed by atoms with E-state index in [-0.39, 0.29) is 5.54 Å². The second-order valence-electron chi connectivity index (χ2n) is 4.70. The zero-order valence-electron chi connectivity index (χ0n) is 10.2. The van der Waals surface area contributed by atoms with Crippen LogP contribution < -0.4 is 15.4 Å². The molecule has 88 valence electrons. The van der Waals surface area contributed by atoms with E-state index in [4.69, 9.17) is 10.5 Å². The molecule has 0 amide bonds. The number of ether oxygens (including phenoxy) is 1. The van der Waals surface area contributed by atoms with Gasteiger partial charge in [0.15, 0.2) is 11.6 Å². The molecule has 2 rings (SSSR count). The van der Waals surface area contributed by atoms with Crippen LogP contribution in [-0.2, 0) is 5.54 Å². The van der Waals surface area contributed by atoms with E-state index in [0.29, 0.717) is 0 Å². The highest BCUT2D eigenvalue weighted by atomic mass is 16.5. The van der Waals surface area contributed by atoms with Gasteiger partial charge in [0.25, 0.3) is 0 Å². The van der Waals surface area contributed by atoms with Gasteiger partial charge in [-0.15, -0.1) is 0 Å². The molecule has 0 spiro atoms. The molecule has 0 fully saturated rings. The number of fused-ring (bicyclic) bond motifs is 1. The number of hydrogen-bond donors (Lipinski definition) is 1. The Labute approximate surface area is 96.4 Å². The summed E-state index contributed by atoms with van der Waals surface area (Å²) in [6.07, 6.45) is 1.84. The lowest BCUT2D eigenvalue weighted by molar-refractivity contribution is 0.305. The molecule has 0 aliphatic carbocycles. The maximum atomic E-state index is 6.05. The van der Waals surface area contributed by atoms with Crippen molar-refractivity contribution >= 4 is 5.82 Å². The highest BCUT2D eigenvalue weighted by Crippen LogP contribution is 2.32. The van der Waals surface area contributed by atoms with Crippen LogP contribution in [0.15, 0.2) is 12.3 Å². The van der Waals surface area contributed by atoms with Crippen LogP contribution in [0.3, 0.4) is 0 Å². The minimum absolute atomic E-state index is 0.375. The molecule has 0 radical (unpaired) electrons. The molecule has 4 nitrogen and oxygen atoms in total. The van der Waals surface area contributed by atoms with Gasteiger partial charge in [-0.05, 0) is 32.4 Å². The van der Waals surface area contributed by atoms with E-state index in [1.165, 1.54) is 0 Å². The van der Waals surface area contributed by atoms with E-state index in [9.17, 15) is 0 Å². The molecule has 0 saturated carbocycles. The van der Waals surface area contributed by atoms with Crippen LogP contribution in [0.4, 0.5) is 5.82 Å². The fraction of sp³-hybridized carbons (Fsp3) is 0.583. The van der Waals surface area contributed by atoms with Gasteiger partial charge in [-0.1, -0.05) is 0 Å². The van der Waals surface area contributed by atoms with Crippen molar-refractivity contribution in [2.24, 2.45) is 5.73 Å². The molecule has 0 aromatic carbocycles. The van der Waals surface area contributed by atoms with E-state index in [2.05, 4.69) is 16.8 Å². The standard InChI is InChI=1S/C12H19N3O/c1-4-15-5-6-16-10-7-9(12(2,3)13)8-14-11(10)15/h7-8H,4-6,13H2,1-3H3. The molecule has 1 aromatic rings. The molecule has 1 aliphatic heterocycles. The maximum Gasteiger partial charge on any atom is 0.171 e. The Morgan fingerprint density at radius 2 is 2.31 bits per heavy atom. The Bertz CT molecular complexity index is 384. The highest BCUT2D eigenvalue weighted by Gasteiger charge is 2.22. The summed E-state index contributed by atoms with van der Waals surface area (Å²) in [6.45, 7) is 8.64. The molecule has 0 bridgehead atoms. The Morgan fingerprint density at radius 3 is 2.94 bits per heavy atom. The minimum Gasteiger partial charge on any atom is -0.488 e. The van der Waals surface area contributed by atoms with E-state index in [1.54, 1.807) is 0 Å². The predicted molar refractivity (Wildman–Crippen MR) is 64.8 cm³/mol. The van der Waals surface area contributed by atoms with Crippen molar-refractivity contribution in [2.75, 3.05) is 24.6 Å². The van der Waals surface area contributed by atoms with Crippen LogP contribution >= 0.6 is 0 Å². The molecule has 0 saturated heterocycles. The molecule has 4 heteroatoms. The second kappa shape index (κ2) is 3.94. The minimum atomic E-state index is -0.375. The summed E-state index contributed by atoms with van der Waals surface area (Å²) in [5, 5.41) is 0. The molecule has 2 N–H and O–H groups in total. The van der Waals surface area contributed by atoms with Gasteiger partial charge in [0.1, 0.15) is 6.61 Å². The van der Waals surface area contributed by atoms with Crippen LogP contribution in [0.25, 0.3) is 0 Å². The lowest BCUT2D eigenvalue weighted by Gasteiger charge is -2.30. The first-order valence-electron chi connectivity index (χ1n) is 5.69. The molecule has 16 heavy (non-hydrogen) atoms. The van der Waals surface area contributed by atoms with Crippen LogP contribution in [0.1, 0.15) is 26.3 Å². The Morgan fingerprint density at radius 1 is 1.56 bits per heavy atom. The molecule has 1 aromatic heterocycles. The lowest BCUT2D eigenvalue weighted by Crippen LogP contribution is -2.34. The third-order valence-electron chi connectivity index (χ3n) is 2.88. The van der Waals surface area contributed by atoms with Crippen molar-refractivity contribution in [3.05, 3.63) is 17.8 Å². The number of likely N-dealkylation sites (N-methyl/N-ethyl adjacent to an activating group) is 1. The zero-order chi connectivity index (χ0) is 11.8. The third-order valence-corrected chi connectivity index (χ3v) is 2.88. The molecular weight excluding hydrogens is 202 g/mol. The Balaban J connectivity index is 2.39. The van der Waals surface area contributed by atoms with Gasteiger partial charge in [-0.3, -0.25) is 0 Å². The summed E-state index contributed by atoms with van der Waals surface area (Å²) in [4.78, 5) is 6.67. The van der Waals surface area contributed by atoms with E-state index >= 15 is 0 Å². The molecule has 1 aliphatic rings. The monoisotopic (exact) mass is 221 g/mol. The van der Waals surface area contributed by atoms with Gasteiger partial charge >= 0.3 is 0 Å². The number of nitrogens with zero attached hydrogens (tertiary/aromatic N) is 2. The van der Waals surface area contributed by atoms with Crippen molar-refractivity contribution in [1.82, 2.24) is 4.98 Å². The van der Waals surface area contributed by atoms with Crippen molar-refractivity contribution in [2.45, 2.75) is 26.3 Å². The average molecular weight is 221 g/mol. The first-order chi connectivity index (χ1) is 7.52. The average Bonchev–Trinajstić information content (AvgIpc) is 2.26. The van der Waals surface area contributed by atoms with Gasteiger partial charge in [0.05, 0.1) is 6.54 Å². The quantitative estimate of drug-likeness (QED) is 0.822. The van der Waals surface area contributed by atoms with Crippen molar-refractivity contribution in [1.29, 1.82) is 0 Å². The lowest BCUT2D eigenvalue weighted by atomic mass is 9.97. The predicted octanol–water partition coefficient (Wildman–Crippen LogP) is 1.49. The number of anilines is 1. The number of hydrogen-bond acceptors (Lipinski definition) is 4. The molecule has 0 unspecified atom stereocenters. The molecular formula is C12H19N3O. The first kappa shape index (κ1) is 11.2. The number of nitrogens with two attached hydrogens (primary N) is 1. The summed E-state index contributed by atoms with van der Waals surface area (Å²) in [5.74, 6) is 1.78. The molecule has 2 heterocycles. The van der Waals surface area contributed by atoms with Crippen molar-refractivity contribution < 1.29 is 4.74 Å². The molecule has 0 atom stereocenters. The maximum absolute atomic E-state index is 6.05. The van der Waals surface area contributed by atoms with Crippen LogP contribution in [0.2, 0.25) is 0 Å². The summed E-state index contributed by atoms with van der Waals surface area (Å²) >= 11 is 0. The SMILES string of the molecule is CCN1CCOc2cc(C(C)(C)N)cnc21. The summed E-state index contributed by atoms with van der Waals surface area (Å²) in [5.41, 5.74) is 6.68. The Kier molecular flexibility index (Phi) is 2.76. The van der Waals surface area contributed by atoms with Crippen LogP contribution in [0, 0.1) is 0 Å². The largest absolute Gasteiger partial charge is 0.488 e. The smallest absolute Gasteiger partial charge is 0.171 e. The van der Waals surface area contributed by atoms with Crippen LogP contribution in [-0.4, -0.2) is 24.7 Å². The van der Waals surface area contributed by atoms with Crippen molar-refractivity contribution in [3.63, 3.8) is 0 Å².